The summed E-state index contributed by atoms with van der Waals surface area (Å²) >= 11 is 0. The van der Waals surface area contributed by atoms with E-state index in [9.17, 15) is 4.79 Å². The molecular weight excluding hydrogens is 1900 g/mol. The van der Waals surface area contributed by atoms with Crippen LogP contribution in [0.1, 0.15) is 174 Å². The Hall–Kier alpha value is -6.24. The van der Waals surface area contributed by atoms with Gasteiger partial charge in [-0.05, 0) is 75.1 Å². The minimum atomic E-state index is -0.313. The maximum Gasteiger partial charge on any atom is 0.333 e. The van der Waals surface area contributed by atoms with Crippen LogP contribution in [-0.2, 0) is 60.5 Å². The van der Waals surface area contributed by atoms with Crippen molar-refractivity contribution in [3.8, 4) is 0 Å². The topological polar surface area (TPSA) is 252 Å². The van der Waals surface area contributed by atoms with Crippen LogP contribution in [0.3, 0.4) is 0 Å². The van der Waals surface area contributed by atoms with Gasteiger partial charge in [0.25, 0.3) is 0 Å². The Morgan fingerprint density at radius 1 is 0.314 bits per heavy atom. The Morgan fingerprint density at radius 2 is 0.486 bits per heavy atom. The molecule has 0 bridgehead atoms. The van der Waals surface area contributed by atoms with Gasteiger partial charge in [0.2, 0.25) is 0 Å². The van der Waals surface area contributed by atoms with Crippen molar-refractivity contribution in [1.82, 2.24) is 10.6 Å². The SMILES string of the molecule is C.C.C.C.C.C.C.C.C.C.C.C.C.C.C.C.C.C.C.C.C=C(C)C(=O)OCC=C[SiH2]C.CCN.CN.CN.C[SiH2]C=CCNCc1ccccc1.C[SiH2]C=CCNCc1ccccc1.C[SiH2]C=CCNc1ccccc1.C[SiH2]C=CCNc1ccccc1.C[SiH2]C=CCNc1ccccc1.C[SiH2]C=CCOCC1CO1.C[SiH2]C=CCOCC1CO1.C[SiH2]C=CCOCC1CO1.C[SiH2]C=CCOCC1CO1. The van der Waals surface area contributed by atoms with Gasteiger partial charge < -0.3 is 86.4 Å². The van der Waals surface area contributed by atoms with Crippen LogP contribution >= 0.6 is 0 Å². The third-order valence-corrected chi connectivity index (χ3v) is 22.9. The third kappa shape index (κ3) is 168. The van der Waals surface area contributed by atoms with Crippen LogP contribution in [0, 0.1) is 0 Å². The Bertz CT molecular complexity index is 2930. The Balaban J connectivity index is -0.0000000475. The van der Waals surface area contributed by atoms with E-state index in [0.29, 0.717) is 36.6 Å². The summed E-state index contributed by atoms with van der Waals surface area (Å²) in [6.45, 7) is 47.2. The van der Waals surface area contributed by atoms with Gasteiger partial charge >= 0.3 is 5.97 Å². The lowest BCUT2D eigenvalue weighted by Crippen LogP contribution is -2.12. The maximum atomic E-state index is 10.8. The second kappa shape index (κ2) is 169. The smallest absolute Gasteiger partial charge is 0.333 e. The fraction of sp³-hybridized carbons (Fsp3) is 0.527. The number of rotatable bonds is 46. The standard InChI is InChI=1S/2C11H17NSi.3C10H15NSi.C8H14O2Si.4C7H14O2Si.C2H7N.2CH5N.20CH4/c2*1-13-9-5-8-12-10-11-6-3-2-4-7-11;3*1-12-9-5-8-11-10-6-3-2-4-7-10;1-7(2)8(9)10-5-4-6-11-3;4*1-10-4-2-3-8-5-7-6-9-7;1-2-3;2*1-2;;;;;;;;;;;;;;;;;;;;/h2*2-7,9,12H,8,10,13H2,1H3;3*2-7,9,11H,8,12H2,1H3;4,6H,1,5,11H2,2-3H3;4*2,4,7H,3,5-6,10H2,1H3;2-3H2,1H3;2*2H2,1H3;20*1H4. The van der Waals surface area contributed by atoms with Crippen LogP contribution < -0.4 is 43.8 Å². The second-order valence-corrected chi connectivity index (χ2v) is 38.9. The fourth-order valence-corrected chi connectivity index (χ4v) is 13.2. The number of ether oxygens (including phenoxy) is 9. The minimum Gasteiger partial charge on any atom is -0.458 e. The molecule has 0 spiro atoms. The van der Waals surface area contributed by atoms with Crippen LogP contribution in [0.25, 0.3) is 0 Å². The molecule has 0 aliphatic carbocycles. The number of esters is 1. The highest BCUT2D eigenvalue weighted by atomic mass is 28.2. The zero-order valence-corrected chi connectivity index (χ0v) is 90.9. The van der Waals surface area contributed by atoms with Crippen molar-refractivity contribution in [2.24, 2.45) is 17.2 Å². The average molecular weight is 2150 g/mol. The highest BCUT2D eigenvalue weighted by molar-refractivity contribution is 6.42. The quantitative estimate of drug-likeness (QED) is 0.00593. The first-order chi connectivity index (χ1) is 59.0. The summed E-state index contributed by atoms with van der Waals surface area (Å²) < 4.78 is 45.8. The molecule has 0 aromatic heterocycles. The van der Waals surface area contributed by atoms with E-state index in [1.807, 2.05) is 79.7 Å². The van der Waals surface area contributed by atoms with Gasteiger partial charge in [-0.25, -0.2) is 4.79 Å². The first-order valence-corrected chi connectivity index (χ1v) is 66.1. The normalized spacial score (nSPS) is 13.4. The van der Waals surface area contributed by atoms with Crippen molar-refractivity contribution >= 4 is 118 Å². The van der Waals surface area contributed by atoms with Crippen molar-refractivity contribution in [2.75, 3.05) is 155 Å². The molecule has 4 saturated heterocycles. The predicted molar refractivity (Wildman–Crippen MR) is 694 cm³/mol. The number of nitrogens with one attached hydrogen (secondary N) is 5. The lowest BCUT2D eigenvalue weighted by atomic mass is 10.2. The van der Waals surface area contributed by atoms with E-state index >= 15 is 0 Å². The minimum absolute atomic E-state index is 0. The van der Waals surface area contributed by atoms with Crippen molar-refractivity contribution in [1.29, 1.82) is 0 Å². The van der Waals surface area contributed by atoms with Crippen molar-refractivity contribution in [3.63, 3.8) is 0 Å². The van der Waals surface area contributed by atoms with Crippen molar-refractivity contribution in [3.05, 3.63) is 293 Å². The van der Waals surface area contributed by atoms with Gasteiger partial charge in [-0.3, -0.25) is 0 Å². The van der Waals surface area contributed by atoms with Gasteiger partial charge in [-0.1, -0.05) is 404 Å². The molecule has 5 aromatic rings. The van der Waals surface area contributed by atoms with Crippen LogP contribution in [-0.4, -0.2) is 265 Å². The number of nitrogens with two attached hydrogens (primary N) is 3. The molecule has 834 valence electrons. The number of epoxide rings is 4. The van der Waals surface area contributed by atoms with Gasteiger partial charge in [-0.15, -0.1) is 57.0 Å². The van der Waals surface area contributed by atoms with E-state index < -0.39 is 0 Å². The van der Waals surface area contributed by atoms with Crippen LogP contribution in [0.4, 0.5) is 17.1 Å². The summed E-state index contributed by atoms with van der Waals surface area (Å²) in [5.41, 5.74) is 43.2. The molecular formula is C112H246N8O10Si10. The third-order valence-electron chi connectivity index (χ3n) is 14.8. The number of anilines is 3. The Labute approximate surface area is 900 Å². The lowest BCUT2D eigenvalue weighted by molar-refractivity contribution is -0.137. The predicted octanol–water partition coefficient (Wildman–Crippen LogP) is 21.7. The molecule has 4 aliphatic heterocycles. The number of carbonyl (C=O) groups is 1. The van der Waals surface area contributed by atoms with E-state index in [1.54, 1.807) is 6.92 Å². The summed E-state index contributed by atoms with van der Waals surface area (Å²) in [5, 5.41) is 16.7. The second-order valence-electron chi connectivity index (χ2n) is 26.0. The van der Waals surface area contributed by atoms with Crippen LogP contribution in [0.2, 0.25) is 65.5 Å². The first kappa shape index (κ1) is 196. The van der Waals surface area contributed by atoms with Gasteiger partial charge in [0.15, 0.2) is 0 Å². The summed E-state index contributed by atoms with van der Waals surface area (Å²) in [7, 11) is 3.80. The number of para-hydroxylation sites is 3. The van der Waals surface area contributed by atoms with E-state index in [2.05, 4.69) is 307 Å². The van der Waals surface area contributed by atoms with Gasteiger partial charge in [0, 0.05) is 164 Å². The Morgan fingerprint density at radius 3 is 0.664 bits per heavy atom. The summed E-state index contributed by atoms with van der Waals surface area (Å²) in [6.07, 6.45) is 23.0. The van der Waals surface area contributed by atoms with E-state index in [4.69, 9.17) is 48.4 Å². The molecule has 28 heteroatoms. The van der Waals surface area contributed by atoms with Crippen molar-refractivity contribution < 1.29 is 47.4 Å². The molecule has 4 unspecified atom stereocenters. The number of hydrogen-bond acceptors (Lipinski definition) is 18. The molecule has 0 saturated carbocycles. The van der Waals surface area contributed by atoms with Crippen LogP contribution in [0.15, 0.2) is 282 Å². The maximum absolute atomic E-state index is 10.8. The van der Waals surface area contributed by atoms with Gasteiger partial charge in [-0.2, -0.15) is 0 Å². The molecule has 9 rings (SSSR count). The van der Waals surface area contributed by atoms with Gasteiger partial charge in [0.1, 0.15) is 31.0 Å². The number of hydrogen-bond donors (Lipinski definition) is 8. The summed E-state index contributed by atoms with van der Waals surface area (Å²) in [4.78, 5) is 10.8. The molecule has 4 fully saturated rings. The molecule has 140 heavy (non-hydrogen) atoms. The van der Waals surface area contributed by atoms with Crippen LogP contribution in [0.5, 0.6) is 0 Å². The van der Waals surface area contributed by atoms with Gasteiger partial charge in [0.05, 0.1) is 79.3 Å². The highest BCUT2D eigenvalue weighted by Crippen LogP contribution is 2.12. The van der Waals surface area contributed by atoms with E-state index in [-0.39, 0.29) is 250 Å². The summed E-state index contributed by atoms with van der Waals surface area (Å²) in [5.74, 6) is -0.313. The summed E-state index contributed by atoms with van der Waals surface area (Å²) in [6, 6.07) is 51.8. The molecule has 0 radical (unpaired) electrons. The molecule has 4 atom stereocenters. The number of carbonyl (C=O) groups excluding carboxylic acids is 1. The van der Waals surface area contributed by atoms with Crippen molar-refractivity contribution in [2.45, 2.75) is 265 Å². The molecule has 4 heterocycles. The van der Waals surface area contributed by atoms with E-state index in [1.165, 1.54) is 42.3 Å². The molecule has 11 N–H and O–H groups in total. The zero-order chi connectivity index (χ0) is 89.0. The highest BCUT2D eigenvalue weighted by Gasteiger charge is 2.23. The monoisotopic (exact) mass is 2140 g/mol. The lowest BCUT2D eigenvalue weighted by Gasteiger charge is -2.00. The molecule has 0 amide bonds. The van der Waals surface area contributed by atoms with E-state index in [0.717, 1.165) is 132 Å². The molecule has 4 aliphatic rings. The fourth-order valence-electron chi connectivity index (χ4n) is 8.39. The first-order valence-electron chi connectivity index (χ1n) is 43.8. The number of benzene rings is 5. The molecule has 5 aromatic carbocycles. The Kier molecular flexibility index (Phi) is 236. The molecule has 18 nitrogen and oxygen atoms in total. The average Bonchev–Trinajstić information content (AvgIpc) is 1.81. The largest absolute Gasteiger partial charge is 0.458 e. The zero-order valence-electron chi connectivity index (χ0n) is 76.7.